The van der Waals surface area contributed by atoms with Crippen LogP contribution in [0.15, 0.2) is 35.3 Å². The second kappa shape index (κ2) is 10.4. The van der Waals surface area contributed by atoms with E-state index in [1.165, 1.54) is 21.0 Å². The normalized spacial score (nSPS) is 18.1. The Kier molecular flexibility index (Phi) is 8.25. The van der Waals surface area contributed by atoms with Crippen LogP contribution in [0.5, 0.6) is 0 Å². The summed E-state index contributed by atoms with van der Waals surface area (Å²) < 4.78 is 25.4. The van der Waals surface area contributed by atoms with Crippen molar-refractivity contribution in [3.05, 3.63) is 35.9 Å². The summed E-state index contributed by atoms with van der Waals surface area (Å²) in [6.07, 6.45) is 3.73. The maximum atomic E-state index is 11.9. The lowest BCUT2D eigenvalue weighted by atomic mass is 10.1. The molecule has 1 heterocycles. The van der Waals surface area contributed by atoms with E-state index in [1.807, 2.05) is 18.2 Å². The molecular weight excluding hydrogens is 378 g/mol. The zero-order valence-corrected chi connectivity index (χ0v) is 17.7. The summed E-state index contributed by atoms with van der Waals surface area (Å²) in [5, 5.41) is 6.45. The van der Waals surface area contributed by atoms with Crippen molar-refractivity contribution in [2.24, 2.45) is 4.99 Å². The van der Waals surface area contributed by atoms with Crippen LogP contribution < -0.4 is 10.6 Å². The second-order valence-electron chi connectivity index (χ2n) is 7.17. The van der Waals surface area contributed by atoms with Crippen molar-refractivity contribution in [2.45, 2.75) is 25.3 Å². The van der Waals surface area contributed by atoms with Crippen LogP contribution in [0, 0.1) is 0 Å². The van der Waals surface area contributed by atoms with Crippen LogP contribution in [0.4, 0.5) is 0 Å². The molecule has 0 radical (unpaired) electrons. The zero-order chi connectivity index (χ0) is 20.6. The Morgan fingerprint density at radius 2 is 1.96 bits per heavy atom. The minimum atomic E-state index is -3.22. The summed E-state index contributed by atoms with van der Waals surface area (Å²) >= 11 is 0. The smallest absolute Gasteiger partial charge is 0.243 e. The highest BCUT2D eigenvalue weighted by Gasteiger charge is 2.31. The highest BCUT2D eigenvalue weighted by molar-refractivity contribution is 7.88. The first-order chi connectivity index (χ1) is 13.3. The predicted molar refractivity (Wildman–Crippen MR) is 112 cm³/mol. The van der Waals surface area contributed by atoms with Gasteiger partial charge >= 0.3 is 0 Å². The number of hydrogen-bond donors (Lipinski definition) is 2. The van der Waals surface area contributed by atoms with E-state index < -0.39 is 10.0 Å². The van der Waals surface area contributed by atoms with E-state index in [2.05, 4.69) is 27.8 Å². The molecule has 8 nitrogen and oxygen atoms in total. The van der Waals surface area contributed by atoms with Gasteiger partial charge in [0.15, 0.2) is 5.96 Å². The van der Waals surface area contributed by atoms with Crippen LogP contribution in [0.25, 0.3) is 0 Å². The molecule has 0 bridgehead atoms. The minimum Gasteiger partial charge on any atom is -0.356 e. The first kappa shape index (κ1) is 22.2. The van der Waals surface area contributed by atoms with Crippen LogP contribution in [-0.2, 0) is 21.2 Å². The number of rotatable bonds is 8. The van der Waals surface area contributed by atoms with Crippen molar-refractivity contribution < 1.29 is 13.2 Å². The molecule has 0 aromatic heterocycles. The lowest BCUT2D eigenvalue weighted by molar-refractivity contribution is -0.127. The third kappa shape index (κ3) is 7.12. The number of nitrogens with zero attached hydrogens (tertiary/aromatic N) is 3. The van der Waals surface area contributed by atoms with Crippen LogP contribution in [0.3, 0.4) is 0 Å². The van der Waals surface area contributed by atoms with Crippen molar-refractivity contribution >= 4 is 21.9 Å². The van der Waals surface area contributed by atoms with Gasteiger partial charge in [-0.1, -0.05) is 30.3 Å². The zero-order valence-electron chi connectivity index (χ0n) is 16.9. The van der Waals surface area contributed by atoms with Gasteiger partial charge in [-0.2, -0.15) is 4.31 Å². The topological polar surface area (TPSA) is 94.1 Å². The van der Waals surface area contributed by atoms with Gasteiger partial charge in [0.05, 0.1) is 6.26 Å². The van der Waals surface area contributed by atoms with Crippen molar-refractivity contribution in [3.8, 4) is 0 Å². The molecule has 1 fully saturated rings. The van der Waals surface area contributed by atoms with Gasteiger partial charge in [-0.15, -0.1) is 0 Å². The van der Waals surface area contributed by atoms with E-state index in [1.54, 1.807) is 14.1 Å². The van der Waals surface area contributed by atoms with E-state index in [0.29, 0.717) is 25.6 Å². The summed E-state index contributed by atoms with van der Waals surface area (Å²) in [4.78, 5) is 17.7. The fourth-order valence-corrected chi connectivity index (χ4v) is 4.28. The van der Waals surface area contributed by atoms with Gasteiger partial charge in [0, 0.05) is 39.8 Å². The predicted octanol–water partition coefficient (Wildman–Crippen LogP) is 0.277. The molecule has 0 saturated carbocycles. The van der Waals surface area contributed by atoms with Crippen molar-refractivity contribution in [3.63, 3.8) is 0 Å². The van der Waals surface area contributed by atoms with Gasteiger partial charge in [-0.05, 0) is 24.8 Å². The van der Waals surface area contributed by atoms with Gasteiger partial charge in [-0.3, -0.25) is 4.79 Å². The standard InChI is InChI=1S/C19H31N5O3S/c1-23(2)18(25)15-22-19(20-12-11-16-8-5-4-6-9-16)21-14-17-10-7-13-24(17)28(3,26)27/h4-6,8-9,17H,7,10-15H2,1-3H3,(H2,20,21,22)/t17-/m1/s1. The first-order valence-electron chi connectivity index (χ1n) is 9.50. The molecular formula is C19H31N5O3S. The summed E-state index contributed by atoms with van der Waals surface area (Å²) in [5.74, 6) is 0.425. The number of nitrogens with one attached hydrogen (secondary N) is 2. The lowest BCUT2D eigenvalue weighted by Gasteiger charge is -2.23. The molecule has 9 heteroatoms. The van der Waals surface area contributed by atoms with Gasteiger partial charge in [0.25, 0.3) is 0 Å². The molecule has 2 N–H and O–H groups in total. The number of sulfonamides is 1. The van der Waals surface area contributed by atoms with Crippen molar-refractivity contribution in [1.82, 2.24) is 19.8 Å². The number of aliphatic imine (C=N–C) groups is 1. The second-order valence-corrected chi connectivity index (χ2v) is 9.10. The molecule has 1 aliphatic rings. The number of likely N-dealkylation sites (N-methyl/N-ethyl adjacent to an activating group) is 1. The Hall–Kier alpha value is -2.13. The average Bonchev–Trinajstić information content (AvgIpc) is 3.13. The van der Waals surface area contributed by atoms with Crippen molar-refractivity contribution in [1.29, 1.82) is 0 Å². The maximum Gasteiger partial charge on any atom is 0.243 e. The number of carbonyl (C=O) groups excluding carboxylic acids is 1. The Labute approximate surface area is 168 Å². The van der Waals surface area contributed by atoms with Crippen LogP contribution in [0.2, 0.25) is 0 Å². The molecule has 0 spiro atoms. The number of carbonyl (C=O) groups is 1. The number of benzene rings is 1. The molecule has 156 valence electrons. The number of amides is 1. The molecule has 1 aromatic carbocycles. The van der Waals surface area contributed by atoms with Crippen LogP contribution >= 0.6 is 0 Å². The Morgan fingerprint density at radius 1 is 1.25 bits per heavy atom. The molecule has 0 unspecified atom stereocenters. The molecule has 1 atom stereocenters. The van der Waals surface area contributed by atoms with E-state index >= 15 is 0 Å². The molecule has 1 aromatic rings. The molecule has 1 amide bonds. The quantitative estimate of drug-likeness (QED) is 0.475. The third-order valence-electron chi connectivity index (χ3n) is 4.67. The highest BCUT2D eigenvalue weighted by atomic mass is 32.2. The van der Waals surface area contributed by atoms with E-state index in [0.717, 1.165) is 19.3 Å². The Bertz CT molecular complexity index is 765. The van der Waals surface area contributed by atoms with Gasteiger partial charge in [0.1, 0.15) is 6.54 Å². The number of hydrogen-bond acceptors (Lipinski definition) is 4. The molecule has 2 rings (SSSR count). The SMILES string of the molecule is CN(C)C(=O)CN=C(NCCc1ccccc1)NC[C@H]1CCCN1S(C)(=O)=O. The van der Waals surface area contributed by atoms with Crippen LogP contribution in [-0.4, -0.2) is 82.1 Å². The fraction of sp³-hybridized carbons (Fsp3) is 0.579. The maximum absolute atomic E-state index is 11.9. The minimum absolute atomic E-state index is 0.0358. The highest BCUT2D eigenvalue weighted by Crippen LogP contribution is 2.19. The molecule has 1 aliphatic heterocycles. The number of guanidine groups is 1. The largest absolute Gasteiger partial charge is 0.356 e. The first-order valence-corrected chi connectivity index (χ1v) is 11.4. The lowest BCUT2D eigenvalue weighted by Crippen LogP contribution is -2.47. The molecule has 0 aliphatic carbocycles. The van der Waals surface area contributed by atoms with E-state index in [9.17, 15) is 13.2 Å². The molecule has 1 saturated heterocycles. The van der Waals surface area contributed by atoms with Gasteiger partial charge in [0.2, 0.25) is 15.9 Å². The van der Waals surface area contributed by atoms with E-state index in [-0.39, 0.29) is 18.5 Å². The summed E-state index contributed by atoms with van der Waals surface area (Å²) in [6, 6.07) is 10.00. The summed E-state index contributed by atoms with van der Waals surface area (Å²) in [6.45, 7) is 1.71. The van der Waals surface area contributed by atoms with Crippen molar-refractivity contribution in [2.75, 3.05) is 46.5 Å². The van der Waals surface area contributed by atoms with Crippen LogP contribution in [0.1, 0.15) is 18.4 Å². The third-order valence-corrected chi connectivity index (χ3v) is 6.01. The van der Waals surface area contributed by atoms with E-state index in [4.69, 9.17) is 0 Å². The molecule has 28 heavy (non-hydrogen) atoms. The van der Waals surface area contributed by atoms with Gasteiger partial charge in [-0.25, -0.2) is 13.4 Å². The Morgan fingerprint density at radius 3 is 2.61 bits per heavy atom. The van der Waals surface area contributed by atoms with Gasteiger partial charge < -0.3 is 15.5 Å². The monoisotopic (exact) mass is 409 g/mol. The fourth-order valence-electron chi connectivity index (χ4n) is 3.10. The average molecular weight is 410 g/mol. The summed E-state index contributed by atoms with van der Waals surface area (Å²) in [7, 11) is 0.164. The Balaban J connectivity index is 1.95. The summed E-state index contributed by atoms with van der Waals surface area (Å²) in [5.41, 5.74) is 1.21.